The Morgan fingerprint density at radius 2 is 2.30 bits per heavy atom. The third-order valence-electron chi connectivity index (χ3n) is 4.42. The molecule has 0 bridgehead atoms. The smallest absolute Gasteiger partial charge is 0.236 e. The maximum absolute atomic E-state index is 13.8. The molecule has 1 atom stereocenters. The van der Waals surface area contributed by atoms with Crippen molar-refractivity contribution in [1.82, 2.24) is 9.80 Å². The van der Waals surface area contributed by atoms with Crippen molar-refractivity contribution in [3.05, 3.63) is 34.6 Å². The largest absolute Gasteiger partial charge is 0.396 e. The van der Waals surface area contributed by atoms with Crippen LogP contribution >= 0.6 is 11.6 Å². The minimum Gasteiger partial charge on any atom is -0.396 e. The van der Waals surface area contributed by atoms with Crippen LogP contribution in [0.4, 0.5) is 4.39 Å². The molecule has 1 N–H and O–H groups in total. The number of halogens is 2. The zero-order chi connectivity index (χ0) is 16.8. The lowest BCUT2D eigenvalue weighted by atomic mass is 10.1. The lowest BCUT2D eigenvalue weighted by Crippen LogP contribution is -2.40. The van der Waals surface area contributed by atoms with E-state index in [4.69, 9.17) is 16.7 Å². The zero-order valence-electron chi connectivity index (χ0n) is 13.5. The van der Waals surface area contributed by atoms with Gasteiger partial charge in [-0.05, 0) is 44.4 Å². The Kier molecular flexibility index (Phi) is 6.81. The van der Waals surface area contributed by atoms with Crippen LogP contribution in [0.2, 0.25) is 5.02 Å². The molecule has 0 aliphatic carbocycles. The molecule has 1 unspecified atom stereocenters. The number of benzene rings is 1. The van der Waals surface area contributed by atoms with E-state index in [0.717, 1.165) is 32.2 Å². The van der Waals surface area contributed by atoms with Crippen LogP contribution in [0.15, 0.2) is 18.2 Å². The van der Waals surface area contributed by atoms with Gasteiger partial charge in [-0.1, -0.05) is 17.7 Å². The minimum atomic E-state index is -0.390. The van der Waals surface area contributed by atoms with Crippen LogP contribution in [-0.2, 0) is 11.3 Å². The Morgan fingerprint density at radius 3 is 3.00 bits per heavy atom. The Labute approximate surface area is 141 Å². The van der Waals surface area contributed by atoms with Gasteiger partial charge in [0, 0.05) is 36.8 Å². The number of nitrogens with zero attached hydrogens (tertiary/aromatic N) is 2. The second-order valence-electron chi connectivity index (χ2n) is 6.08. The summed E-state index contributed by atoms with van der Waals surface area (Å²) in [5.41, 5.74) is 0.350. The molecule has 1 saturated heterocycles. The van der Waals surface area contributed by atoms with Crippen LogP contribution in [0.25, 0.3) is 0 Å². The first kappa shape index (κ1) is 18.2. The summed E-state index contributed by atoms with van der Waals surface area (Å²) in [6.45, 7) is 1.58. The van der Waals surface area contributed by atoms with E-state index in [2.05, 4.69) is 4.90 Å². The lowest BCUT2D eigenvalue weighted by Gasteiger charge is -2.26. The Bertz CT molecular complexity index is 521. The van der Waals surface area contributed by atoms with Crippen LogP contribution in [-0.4, -0.2) is 53.6 Å². The van der Waals surface area contributed by atoms with Crippen LogP contribution in [0.1, 0.15) is 31.2 Å². The summed E-state index contributed by atoms with van der Waals surface area (Å²) in [5, 5.41) is 9.30. The molecule has 6 heteroatoms. The van der Waals surface area contributed by atoms with Crippen molar-refractivity contribution < 1.29 is 14.3 Å². The fourth-order valence-electron chi connectivity index (χ4n) is 3.06. The molecule has 1 amide bonds. The zero-order valence-corrected chi connectivity index (χ0v) is 14.2. The molecular formula is C17H24ClFN2O2. The molecule has 4 nitrogen and oxygen atoms in total. The number of aliphatic hydroxyl groups excluding tert-OH is 1. The highest BCUT2D eigenvalue weighted by Gasteiger charge is 2.27. The van der Waals surface area contributed by atoms with Crippen molar-refractivity contribution in [3.8, 4) is 0 Å². The van der Waals surface area contributed by atoms with Crippen molar-refractivity contribution in [2.45, 2.75) is 38.3 Å². The van der Waals surface area contributed by atoms with E-state index >= 15 is 0 Å². The van der Waals surface area contributed by atoms with Crippen molar-refractivity contribution >= 4 is 17.5 Å². The molecule has 1 aliphatic rings. The number of likely N-dealkylation sites (N-methyl/N-ethyl adjacent to an activating group) is 1. The van der Waals surface area contributed by atoms with Crippen molar-refractivity contribution in [2.24, 2.45) is 0 Å². The molecule has 1 fully saturated rings. The van der Waals surface area contributed by atoms with Gasteiger partial charge in [-0.2, -0.15) is 0 Å². The molecule has 128 valence electrons. The number of amides is 1. The van der Waals surface area contributed by atoms with E-state index in [9.17, 15) is 9.18 Å². The van der Waals surface area contributed by atoms with Gasteiger partial charge in [0.1, 0.15) is 5.82 Å². The molecule has 0 spiro atoms. The molecule has 23 heavy (non-hydrogen) atoms. The maximum Gasteiger partial charge on any atom is 0.236 e. The number of carbonyl (C=O) groups excluding carboxylic acids is 1. The first-order valence-corrected chi connectivity index (χ1v) is 8.42. The summed E-state index contributed by atoms with van der Waals surface area (Å²) in [4.78, 5) is 16.1. The molecule has 1 aliphatic heterocycles. The normalized spacial score (nSPS) is 18.3. The summed E-state index contributed by atoms with van der Waals surface area (Å²) < 4.78 is 13.8. The number of carbonyl (C=O) groups is 1. The van der Waals surface area contributed by atoms with E-state index in [1.54, 1.807) is 19.2 Å². The molecule has 0 radical (unpaired) electrons. The fourth-order valence-corrected chi connectivity index (χ4v) is 3.28. The monoisotopic (exact) mass is 342 g/mol. The highest BCUT2D eigenvalue weighted by atomic mass is 35.5. The third kappa shape index (κ3) is 4.90. The van der Waals surface area contributed by atoms with Crippen LogP contribution in [0.3, 0.4) is 0 Å². The molecule has 0 aromatic heterocycles. The van der Waals surface area contributed by atoms with Gasteiger partial charge < -0.3 is 10.0 Å². The van der Waals surface area contributed by atoms with E-state index in [0.29, 0.717) is 23.2 Å². The molecule has 2 rings (SSSR count). The van der Waals surface area contributed by atoms with Gasteiger partial charge in [0.15, 0.2) is 0 Å². The van der Waals surface area contributed by atoms with Gasteiger partial charge in [-0.15, -0.1) is 0 Å². The number of hydrogen-bond acceptors (Lipinski definition) is 3. The summed E-state index contributed by atoms with van der Waals surface area (Å²) in [6, 6.07) is 4.89. The molecule has 1 aromatic carbocycles. The Morgan fingerprint density at radius 1 is 1.52 bits per heavy atom. The average molecular weight is 343 g/mol. The Hall–Kier alpha value is -1.17. The van der Waals surface area contributed by atoms with Crippen molar-refractivity contribution in [2.75, 3.05) is 26.7 Å². The number of likely N-dealkylation sites (tertiary alicyclic amines) is 1. The van der Waals surface area contributed by atoms with Gasteiger partial charge in [-0.25, -0.2) is 4.39 Å². The van der Waals surface area contributed by atoms with Crippen LogP contribution in [0, 0.1) is 5.82 Å². The van der Waals surface area contributed by atoms with E-state index < -0.39 is 0 Å². The van der Waals surface area contributed by atoms with E-state index in [1.807, 2.05) is 0 Å². The third-order valence-corrected chi connectivity index (χ3v) is 4.77. The van der Waals surface area contributed by atoms with E-state index in [1.165, 1.54) is 11.0 Å². The van der Waals surface area contributed by atoms with Gasteiger partial charge >= 0.3 is 0 Å². The Balaban J connectivity index is 1.92. The first-order chi connectivity index (χ1) is 11.0. The maximum atomic E-state index is 13.8. The second kappa shape index (κ2) is 8.62. The van der Waals surface area contributed by atoms with Gasteiger partial charge in [0.2, 0.25) is 5.91 Å². The highest BCUT2D eigenvalue weighted by Crippen LogP contribution is 2.23. The molecular weight excluding hydrogens is 319 g/mol. The number of rotatable bonds is 7. The summed E-state index contributed by atoms with van der Waals surface area (Å²) in [5.74, 6) is -0.431. The summed E-state index contributed by atoms with van der Waals surface area (Å²) in [7, 11) is 1.67. The van der Waals surface area contributed by atoms with E-state index in [-0.39, 0.29) is 24.9 Å². The van der Waals surface area contributed by atoms with Crippen LogP contribution < -0.4 is 0 Å². The van der Waals surface area contributed by atoms with Crippen molar-refractivity contribution in [1.29, 1.82) is 0 Å². The van der Waals surface area contributed by atoms with Gasteiger partial charge in [0.25, 0.3) is 0 Å². The number of hydrogen-bond donors (Lipinski definition) is 1. The molecule has 1 aromatic rings. The van der Waals surface area contributed by atoms with Crippen LogP contribution in [0.5, 0.6) is 0 Å². The number of aliphatic hydroxyl groups is 1. The molecule has 0 saturated carbocycles. The molecule has 1 heterocycles. The fraction of sp³-hybridized carbons (Fsp3) is 0.588. The van der Waals surface area contributed by atoms with Gasteiger partial charge in [0.05, 0.1) is 6.54 Å². The first-order valence-electron chi connectivity index (χ1n) is 8.04. The van der Waals surface area contributed by atoms with Gasteiger partial charge in [-0.3, -0.25) is 9.69 Å². The highest BCUT2D eigenvalue weighted by molar-refractivity contribution is 6.31. The standard InChI is InChI=1S/C17H24ClFN2O2/c1-20(11-14-15(18)7-2-8-16(14)19)17(23)12-21-9-3-5-13(21)6-4-10-22/h2,7-8,13,22H,3-6,9-12H2,1H3. The summed E-state index contributed by atoms with van der Waals surface area (Å²) in [6.07, 6.45) is 3.81. The topological polar surface area (TPSA) is 43.8 Å². The van der Waals surface area contributed by atoms with Crippen molar-refractivity contribution in [3.63, 3.8) is 0 Å². The predicted molar refractivity (Wildman–Crippen MR) is 88.8 cm³/mol. The second-order valence-corrected chi connectivity index (χ2v) is 6.49. The average Bonchev–Trinajstić information content (AvgIpc) is 2.95. The SMILES string of the molecule is CN(Cc1c(F)cccc1Cl)C(=O)CN1CCCC1CCCO. The summed E-state index contributed by atoms with van der Waals surface area (Å²) >= 11 is 6.02. The predicted octanol–water partition coefficient (Wildman–Crippen LogP) is 2.67. The lowest BCUT2D eigenvalue weighted by molar-refractivity contribution is -0.131. The minimum absolute atomic E-state index is 0.0415. The quantitative estimate of drug-likeness (QED) is 0.828.